The Hall–Kier alpha value is -3.51. The number of pyridine rings is 4. The molecule has 0 aliphatic carbocycles. The monoisotopic (exact) mass is 735 g/mol. The fourth-order valence-corrected chi connectivity index (χ4v) is 5.82. The first kappa shape index (κ1) is 30.4. The summed E-state index contributed by atoms with van der Waals surface area (Å²) >= 11 is 0. The summed E-state index contributed by atoms with van der Waals surface area (Å²) in [4.78, 5) is 18.4. The van der Waals surface area contributed by atoms with Crippen molar-refractivity contribution in [1.29, 1.82) is 0 Å². The van der Waals surface area contributed by atoms with Crippen LogP contribution in [0.3, 0.4) is 0 Å². The number of hydrogen-bond acceptors (Lipinski definition) is 5. The van der Waals surface area contributed by atoms with E-state index < -0.39 is 8.07 Å². The van der Waals surface area contributed by atoms with Crippen LogP contribution in [0.2, 0.25) is 19.6 Å². The smallest absolute Gasteiger partial charge is 0.216 e. The molecule has 6 aromatic rings. The molecule has 0 saturated heterocycles. The first-order valence-electron chi connectivity index (χ1n) is 13.5. The second kappa shape index (κ2) is 12.2. The van der Waals surface area contributed by atoms with Gasteiger partial charge in [0.15, 0.2) is 0 Å². The van der Waals surface area contributed by atoms with Gasteiger partial charge in [-0.25, -0.2) is 4.98 Å². The average molecular weight is 735 g/mol. The van der Waals surface area contributed by atoms with E-state index in [1.807, 2.05) is 61.7 Å². The van der Waals surface area contributed by atoms with Crippen LogP contribution in [0.15, 0.2) is 83.5 Å². The molecule has 0 fully saturated rings. The van der Waals surface area contributed by atoms with Gasteiger partial charge in [-0.05, 0) is 59.0 Å². The number of benzene rings is 1. The van der Waals surface area contributed by atoms with Gasteiger partial charge in [-0.1, -0.05) is 70.2 Å². The molecular formula is C34H34IrN4OSi-2. The van der Waals surface area contributed by atoms with Crippen LogP contribution in [-0.2, 0) is 25.5 Å². The minimum absolute atomic E-state index is 0. The molecule has 5 aromatic heterocycles. The van der Waals surface area contributed by atoms with Gasteiger partial charge in [-0.15, -0.1) is 35.9 Å². The Morgan fingerprint density at radius 1 is 0.854 bits per heavy atom. The third-order valence-corrected chi connectivity index (χ3v) is 8.38. The molecule has 7 heteroatoms. The molecule has 0 aliphatic rings. The molecule has 0 N–H and O–H groups in total. The van der Waals surface area contributed by atoms with Gasteiger partial charge in [0.1, 0.15) is 0 Å². The quantitative estimate of drug-likeness (QED) is 0.137. The number of aromatic nitrogens is 4. The summed E-state index contributed by atoms with van der Waals surface area (Å²) in [5.41, 5.74) is 7.23. The standard InChI is InChI=1S/C22H24N3OSi.C12H10N.Ir/c1-22(2,3)17-11-10-14-18-19(26-20(14)25-17)15(16-9-7-8-12-23-16)13-24-21(18)27(4,5)6;1-10-7-8-12(13-9-10)11-5-3-2-4-6-11;/h7-12H,1-6H3;2-5,7-9H,1H3;/q2*-1;. The van der Waals surface area contributed by atoms with Crippen molar-refractivity contribution in [2.45, 2.75) is 52.8 Å². The minimum atomic E-state index is -1.70. The third kappa shape index (κ3) is 6.70. The van der Waals surface area contributed by atoms with E-state index >= 15 is 0 Å². The van der Waals surface area contributed by atoms with E-state index in [0.717, 1.165) is 49.9 Å². The number of furan rings is 1. The molecule has 41 heavy (non-hydrogen) atoms. The molecular weight excluding hydrogens is 701 g/mol. The summed E-state index contributed by atoms with van der Waals surface area (Å²) in [6, 6.07) is 25.1. The second-order valence-electron chi connectivity index (χ2n) is 12.0. The predicted octanol–water partition coefficient (Wildman–Crippen LogP) is 7.94. The van der Waals surface area contributed by atoms with Crippen LogP contribution >= 0.6 is 0 Å². The molecule has 0 unspecified atom stereocenters. The van der Waals surface area contributed by atoms with Crippen LogP contribution in [-0.4, -0.2) is 28.0 Å². The molecule has 1 aromatic carbocycles. The van der Waals surface area contributed by atoms with Crippen LogP contribution in [0.4, 0.5) is 0 Å². The topological polar surface area (TPSA) is 64.7 Å². The van der Waals surface area contributed by atoms with Gasteiger partial charge in [-0.3, -0.25) is 0 Å². The predicted molar refractivity (Wildman–Crippen MR) is 166 cm³/mol. The summed E-state index contributed by atoms with van der Waals surface area (Å²) in [6.45, 7) is 15.4. The molecule has 0 bridgehead atoms. The van der Waals surface area contributed by atoms with Crippen molar-refractivity contribution in [1.82, 2.24) is 19.9 Å². The summed E-state index contributed by atoms with van der Waals surface area (Å²) in [7, 11) is -1.70. The SMILES string of the molecule is CC(C)(C)c1ccc2c(n1)oc1c(-c3ccccn3)[c-]nc([Si](C)(C)C)c12.Cc1ccc(-c2[c-]cccc2)nc1.[Ir]. The van der Waals surface area contributed by atoms with Crippen molar-refractivity contribution in [2.24, 2.45) is 0 Å². The Morgan fingerprint density at radius 2 is 1.63 bits per heavy atom. The Balaban J connectivity index is 0.000000233. The van der Waals surface area contributed by atoms with E-state index in [1.165, 1.54) is 5.56 Å². The summed E-state index contributed by atoms with van der Waals surface area (Å²) < 4.78 is 6.31. The molecule has 1 radical (unpaired) electrons. The molecule has 6 rings (SSSR count). The van der Waals surface area contributed by atoms with Crippen LogP contribution in [0.25, 0.3) is 44.6 Å². The molecule has 0 saturated carbocycles. The van der Waals surface area contributed by atoms with Crippen molar-refractivity contribution in [3.8, 4) is 22.5 Å². The average Bonchev–Trinajstić information content (AvgIpc) is 3.32. The van der Waals surface area contributed by atoms with Crippen molar-refractivity contribution < 1.29 is 24.5 Å². The van der Waals surface area contributed by atoms with Gasteiger partial charge in [0.2, 0.25) is 5.71 Å². The van der Waals surface area contributed by atoms with Crippen LogP contribution < -0.4 is 5.32 Å². The summed E-state index contributed by atoms with van der Waals surface area (Å²) in [5, 5.41) is 3.19. The van der Waals surface area contributed by atoms with E-state index in [-0.39, 0.29) is 25.5 Å². The van der Waals surface area contributed by atoms with Crippen LogP contribution in [0, 0.1) is 19.2 Å². The molecule has 0 atom stereocenters. The minimum Gasteiger partial charge on any atom is -0.486 e. The zero-order valence-corrected chi connectivity index (χ0v) is 27.9. The van der Waals surface area contributed by atoms with Crippen molar-refractivity contribution in [2.75, 3.05) is 0 Å². The van der Waals surface area contributed by atoms with E-state index in [4.69, 9.17) is 14.4 Å². The molecule has 0 amide bonds. The molecule has 211 valence electrons. The van der Waals surface area contributed by atoms with Crippen LogP contribution in [0.1, 0.15) is 32.0 Å². The summed E-state index contributed by atoms with van der Waals surface area (Å²) in [5.74, 6) is 0. The van der Waals surface area contributed by atoms with Gasteiger partial charge >= 0.3 is 0 Å². The third-order valence-electron chi connectivity index (χ3n) is 6.60. The fourth-order valence-electron chi connectivity index (χ4n) is 4.43. The second-order valence-corrected chi connectivity index (χ2v) is 17.0. The van der Waals surface area contributed by atoms with Gasteiger partial charge in [0, 0.05) is 49.0 Å². The Kier molecular flexibility index (Phi) is 9.02. The molecule has 0 aliphatic heterocycles. The van der Waals surface area contributed by atoms with Crippen molar-refractivity contribution >= 4 is 35.5 Å². The Labute approximate surface area is 256 Å². The largest absolute Gasteiger partial charge is 0.486 e. The number of rotatable bonds is 3. The van der Waals surface area contributed by atoms with Crippen LogP contribution in [0.5, 0.6) is 0 Å². The fraction of sp³-hybridized carbons (Fsp3) is 0.235. The Bertz CT molecular complexity index is 1760. The van der Waals surface area contributed by atoms with Gasteiger partial charge < -0.3 is 19.4 Å². The zero-order valence-electron chi connectivity index (χ0n) is 24.5. The maximum atomic E-state index is 6.31. The van der Waals surface area contributed by atoms with Gasteiger partial charge in [-0.2, -0.15) is 0 Å². The number of hydrogen-bond donors (Lipinski definition) is 0. The van der Waals surface area contributed by atoms with Gasteiger partial charge in [0.25, 0.3) is 0 Å². The summed E-state index contributed by atoms with van der Waals surface area (Å²) in [6.07, 6.45) is 6.86. The molecule has 5 heterocycles. The molecule has 5 nitrogen and oxygen atoms in total. The normalized spacial score (nSPS) is 11.6. The van der Waals surface area contributed by atoms with E-state index in [2.05, 4.69) is 80.8 Å². The number of fused-ring (bicyclic) bond motifs is 3. The van der Waals surface area contributed by atoms with E-state index in [9.17, 15) is 0 Å². The van der Waals surface area contributed by atoms with E-state index in [1.54, 1.807) is 6.20 Å². The zero-order chi connectivity index (χ0) is 28.5. The first-order chi connectivity index (χ1) is 19.0. The maximum Gasteiger partial charge on any atom is 0.216 e. The number of aryl methyl sites for hydroxylation is 1. The first-order valence-corrected chi connectivity index (χ1v) is 17.0. The van der Waals surface area contributed by atoms with Gasteiger partial charge in [0.05, 0.1) is 13.7 Å². The molecule has 0 spiro atoms. The Morgan fingerprint density at radius 3 is 2.24 bits per heavy atom. The van der Waals surface area contributed by atoms with Crippen molar-refractivity contribution in [3.05, 3.63) is 103 Å². The maximum absolute atomic E-state index is 6.31. The number of nitrogens with zero attached hydrogens (tertiary/aromatic N) is 4. The van der Waals surface area contributed by atoms with Crippen molar-refractivity contribution in [3.63, 3.8) is 0 Å². The van der Waals surface area contributed by atoms with E-state index in [0.29, 0.717) is 5.71 Å².